The largest absolute Gasteiger partial charge is 0.494 e. The molecule has 3 nitrogen and oxygen atoms in total. The molecule has 0 fully saturated rings. The summed E-state index contributed by atoms with van der Waals surface area (Å²) in [7, 11) is 2.00. The van der Waals surface area contributed by atoms with Crippen LogP contribution >= 0.6 is 0 Å². The highest BCUT2D eigenvalue weighted by Gasteiger charge is 2.16. The van der Waals surface area contributed by atoms with Gasteiger partial charge in [0.15, 0.2) is 0 Å². The van der Waals surface area contributed by atoms with E-state index in [1.807, 2.05) is 38.2 Å². The summed E-state index contributed by atoms with van der Waals surface area (Å²) in [6.07, 6.45) is 2.25. The minimum absolute atomic E-state index is 0.197. The van der Waals surface area contributed by atoms with E-state index < -0.39 is 0 Å². The number of rotatable bonds is 7. The van der Waals surface area contributed by atoms with Crippen molar-refractivity contribution in [3.05, 3.63) is 29.8 Å². The van der Waals surface area contributed by atoms with Gasteiger partial charge in [0.1, 0.15) is 11.8 Å². The molecule has 1 aromatic carbocycles. The van der Waals surface area contributed by atoms with Crippen LogP contribution in [0.1, 0.15) is 38.3 Å². The van der Waals surface area contributed by atoms with Crippen molar-refractivity contribution in [1.29, 1.82) is 5.26 Å². The van der Waals surface area contributed by atoms with Crippen molar-refractivity contribution >= 4 is 0 Å². The Morgan fingerprint density at radius 1 is 1.39 bits per heavy atom. The number of hydrogen-bond donors (Lipinski definition) is 0. The summed E-state index contributed by atoms with van der Waals surface area (Å²) < 4.78 is 5.47. The van der Waals surface area contributed by atoms with E-state index in [2.05, 4.69) is 17.9 Å². The third kappa shape index (κ3) is 4.05. The van der Waals surface area contributed by atoms with Crippen molar-refractivity contribution in [3.8, 4) is 11.8 Å². The Kier molecular flexibility index (Phi) is 6.24. The standard InChI is InChI=1S/C15H22N2O/c1-4-6-10-17(3)15(12-16)13-8-7-9-14(11-13)18-5-2/h7-9,11,15H,4-6,10H2,1-3H3. The van der Waals surface area contributed by atoms with Crippen molar-refractivity contribution in [2.45, 2.75) is 32.7 Å². The molecule has 0 radical (unpaired) electrons. The van der Waals surface area contributed by atoms with E-state index in [0.29, 0.717) is 6.61 Å². The number of nitriles is 1. The van der Waals surface area contributed by atoms with Gasteiger partial charge in [0, 0.05) is 0 Å². The normalized spacial score (nSPS) is 12.2. The highest BCUT2D eigenvalue weighted by atomic mass is 16.5. The summed E-state index contributed by atoms with van der Waals surface area (Å²) in [4.78, 5) is 2.09. The monoisotopic (exact) mass is 246 g/mol. The van der Waals surface area contributed by atoms with Gasteiger partial charge in [0.05, 0.1) is 12.7 Å². The fourth-order valence-corrected chi connectivity index (χ4v) is 1.91. The predicted molar refractivity (Wildman–Crippen MR) is 73.5 cm³/mol. The van der Waals surface area contributed by atoms with E-state index in [0.717, 1.165) is 30.7 Å². The van der Waals surface area contributed by atoms with Crippen LogP contribution < -0.4 is 4.74 Å². The molecule has 0 aliphatic carbocycles. The summed E-state index contributed by atoms with van der Waals surface area (Å²) in [5.74, 6) is 0.833. The number of unbranched alkanes of at least 4 members (excludes halogenated alkanes) is 1. The van der Waals surface area contributed by atoms with Gasteiger partial charge in [-0.25, -0.2) is 0 Å². The Morgan fingerprint density at radius 3 is 2.78 bits per heavy atom. The van der Waals surface area contributed by atoms with Crippen LogP contribution in [-0.4, -0.2) is 25.1 Å². The molecule has 0 saturated carbocycles. The minimum atomic E-state index is -0.197. The number of ether oxygens (including phenoxy) is 1. The summed E-state index contributed by atoms with van der Waals surface area (Å²) in [5.41, 5.74) is 1.00. The molecule has 0 saturated heterocycles. The third-order valence-electron chi connectivity index (χ3n) is 2.91. The number of benzene rings is 1. The van der Waals surface area contributed by atoms with Crippen molar-refractivity contribution in [1.82, 2.24) is 4.90 Å². The smallest absolute Gasteiger partial charge is 0.123 e. The van der Waals surface area contributed by atoms with Crippen LogP contribution in [0.15, 0.2) is 24.3 Å². The summed E-state index contributed by atoms with van der Waals surface area (Å²) in [5, 5.41) is 9.34. The summed E-state index contributed by atoms with van der Waals surface area (Å²) >= 11 is 0. The second-order valence-electron chi connectivity index (χ2n) is 4.37. The second-order valence-corrected chi connectivity index (χ2v) is 4.37. The number of nitrogens with zero attached hydrogens (tertiary/aromatic N) is 2. The molecule has 0 bridgehead atoms. The van der Waals surface area contributed by atoms with Crippen LogP contribution in [0.4, 0.5) is 0 Å². The Balaban J connectivity index is 2.81. The van der Waals surface area contributed by atoms with Gasteiger partial charge in [0.25, 0.3) is 0 Å². The zero-order valence-corrected chi connectivity index (χ0v) is 11.5. The lowest BCUT2D eigenvalue weighted by molar-refractivity contribution is 0.285. The van der Waals surface area contributed by atoms with Crippen LogP contribution in [0.3, 0.4) is 0 Å². The Labute approximate surface area is 110 Å². The lowest BCUT2D eigenvalue weighted by Gasteiger charge is -2.22. The van der Waals surface area contributed by atoms with E-state index in [9.17, 15) is 5.26 Å². The van der Waals surface area contributed by atoms with Crippen LogP contribution in [0.5, 0.6) is 5.75 Å². The highest BCUT2D eigenvalue weighted by Crippen LogP contribution is 2.23. The van der Waals surface area contributed by atoms with E-state index in [-0.39, 0.29) is 6.04 Å². The van der Waals surface area contributed by atoms with Crippen molar-refractivity contribution in [2.75, 3.05) is 20.2 Å². The average Bonchev–Trinajstić information content (AvgIpc) is 2.38. The molecular weight excluding hydrogens is 224 g/mol. The summed E-state index contributed by atoms with van der Waals surface area (Å²) in [6, 6.07) is 9.98. The minimum Gasteiger partial charge on any atom is -0.494 e. The quantitative estimate of drug-likeness (QED) is 0.740. The van der Waals surface area contributed by atoms with Gasteiger partial charge in [-0.05, 0) is 44.6 Å². The molecule has 1 atom stereocenters. The molecule has 1 aromatic rings. The maximum atomic E-state index is 9.34. The van der Waals surface area contributed by atoms with Gasteiger partial charge in [-0.3, -0.25) is 4.90 Å². The highest BCUT2D eigenvalue weighted by molar-refractivity contribution is 5.33. The lowest BCUT2D eigenvalue weighted by Crippen LogP contribution is -2.24. The van der Waals surface area contributed by atoms with Gasteiger partial charge < -0.3 is 4.74 Å². The van der Waals surface area contributed by atoms with Crippen molar-refractivity contribution < 1.29 is 4.74 Å². The molecule has 98 valence electrons. The first kappa shape index (κ1) is 14.5. The molecule has 0 spiro atoms. The van der Waals surface area contributed by atoms with Gasteiger partial charge in [0.2, 0.25) is 0 Å². The van der Waals surface area contributed by atoms with Crippen molar-refractivity contribution in [2.24, 2.45) is 0 Å². The average molecular weight is 246 g/mol. The Hall–Kier alpha value is -1.53. The summed E-state index contributed by atoms with van der Waals surface area (Å²) in [6.45, 7) is 5.70. The zero-order valence-electron chi connectivity index (χ0n) is 11.5. The van der Waals surface area contributed by atoms with Crippen LogP contribution in [-0.2, 0) is 0 Å². The SMILES string of the molecule is CCCCN(C)C(C#N)c1cccc(OCC)c1. The predicted octanol–water partition coefficient (Wildman–Crippen LogP) is 3.38. The molecule has 0 amide bonds. The molecule has 0 aliphatic rings. The van der Waals surface area contributed by atoms with Gasteiger partial charge in [-0.2, -0.15) is 5.26 Å². The molecule has 3 heteroatoms. The van der Waals surface area contributed by atoms with Crippen LogP contribution in [0, 0.1) is 11.3 Å². The first-order chi connectivity index (χ1) is 8.72. The maximum Gasteiger partial charge on any atom is 0.123 e. The Bertz CT molecular complexity index is 398. The fraction of sp³-hybridized carbons (Fsp3) is 0.533. The molecule has 18 heavy (non-hydrogen) atoms. The van der Waals surface area contributed by atoms with Gasteiger partial charge >= 0.3 is 0 Å². The van der Waals surface area contributed by atoms with Crippen LogP contribution in [0.25, 0.3) is 0 Å². The first-order valence-corrected chi connectivity index (χ1v) is 6.55. The molecular formula is C15H22N2O. The van der Waals surface area contributed by atoms with E-state index in [4.69, 9.17) is 4.74 Å². The zero-order chi connectivity index (χ0) is 13.4. The van der Waals surface area contributed by atoms with E-state index in [1.165, 1.54) is 0 Å². The molecule has 0 aromatic heterocycles. The lowest BCUT2D eigenvalue weighted by atomic mass is 10.1. The van der Waals surface area contributed by atoms with E-state index in [1.54, 1.807) is 0 Å². The molecule has 1 unspecified atom stereocenters. The fourth-order valence-electron chi connectivity index (χ4n) is 1.91. The van der Waals surface area contributed by atoms with Gasteiger partial charge in [-0.1, -0.05) is 25.5 Å². The first-order valence-electron chi connectivity index (χ1n) is 6.55. The second kappa shape index (κ2) is 7.73. The van der Waals surface area contributed by atoms with Crippen molar-refractivity contribution in [3.63, 3.8) is 0 Å². The molecule has 0 N–H and O–H groups in total. The number of hydrogen-bond acceptors (Lipinski definition) is 3. The third-order valence-corrected chi connectivity index (χ3v) is 2.91. The Morgan fingerprint density at radius 2 is 2.17 bits per heavy atom. The topological polar surface area (TPSA) is 36.3 Å². The van der Waals surface area contributed by atoms with E-state index >= 15 is 0 Å². The molecule has 1 rings (SSSR count). The molecule has 0 heterocycles. The maximum absolute atomic E-state index is 9.34. The molecule has 0 aliphatic heterocycles. The van der Waals surface area contributed by atoms with Crippen LogP contribution in [0.2, 0.25) is 0 Å². The van der Waals surface area contributed by atoms with Gasteiger partial charge in [-0.15, -0.1) is 0 Å².